The first kappa shape index (κ1) is 9.08. The molecule has 0 saturated carbocycles. The molecule has 2 heterocycles. The molecule has 0 spiro atoms. The molecule has 0 radical (unpaired) electrons. The van der Waals surface area contributed by atoms with Crippen LogP contribution in [-0.2, 0) is 6.42 Å². The van der Waals surface area contributed by atoms with Gasteiger partial charge in [0.2, 0.25) is 0 Å². The maximum Gasteiger partial charge on any atom is 0.182 e. The van der Waals surface area contributed by atoms with Crippen molar-refractivity contribution < 1.29 is 0 Å². The van der Waals surface area contributed by atoms with Crippen molar-refractivity contribution in [2.45, 2.75) is 26.3 Å². The molecule has 0 bridgehead atoms. The molecule has 2 aromatic heterocycles. The lowest BCUT2D eigenvalue weighted by molar-refractivity contribution is 0.721. The van der Waals surface area contributed by atoms with Crippen LogP contribution in [0.4, 0.5) is 0 Å². The van der Waals surface area contributed by atoms with E-state index in [-0.39, 0.29) is 6.04 Å². The second-order valence-electron chi connectivity index (χ2n) is 3.50. The van der Waals surface area contributed by atoms with Gasteiger partial charge in [0.15, 0.2) is 5.65 Å². The van der Waals surface area contributed by atoms with Gasteiger partial charge >= 0.3 is 0 Å². The van der Waals surface area contributed by atoms with Gasteiger partial charge in [0, 0.05) is 24.9 Å². The number of hydrogen-bond acceptors (Lipinski definition) is 4. The van der Waals surface area contributed by atoms with E-state index in [0.717, 1.165) is 23.6 Å². The minimum Gasteiger partial charge on any atom is -0.328 e. The third-order valence-electron chi connectivity index (χ3n) is 2.09. The van der Waals surface area contributed by atoms with Crippen molar-refractivity contribution in [3.05, 3.63) is 23.9 Å². The lowest BCUT2D eigenvalue weighted by Gasteiger charge is -2.04. The van der Waals surface area contributed by atoms with E-state index < -0.39 is 0 Å². The van der Waals surface area contributed by atoms with Crippen molar-refractivity contribution in [3.8, 4) is 0 Å². The molecule has 1 unspecified atom stereocenters. The van der Waals surface area contributed by atoms with E-state index >= 15 is 0 Å². The molecule has 5 nitrogen and oxygen atoms in total. The average molecular weight is 191 g/mol. The summed E-state index contributed by atoms with van der Waals surface area (Å²) in [6.07, 6.45) is 4.33. The Bertz CT molecular complexity index is 445. The van der Waals surface area contributed by atoms with Crippen LogP contribution in [-0.4, -0.2) is 25.6 Å². The molecular weight excluding hydrogens is 178 g/mol. The Morgan fingerprint density at radius 3 is 3.00 bits per heavy atom. The molecule has 0 aliphatic carbocycles. The molecule has 5 heteroatoms. The summed E-state index contributed by atoms with van der Waals surface area (Å²) in [5.74, 6) is 0.869. The van der Waals surface area contributed by atoms with Gasteiger partial charge in [-0.1, -0.05) is 0 Å². The largest absolute Gasteiger partial charge is 0.328 e. The Morgan fingerprint density at radius 1 is 1.50 bits per heavy atom. The van der Waals surface area contributed by atoms with Gasteiger partial charge in [-0.15, -0.1) is 10.2 Å². The second kappa shape index (κ2) is 3.34. The van der Waals surface area contributed by atoms with E-state index in [1.54, 1.807) is 6.20 Å². The number of fused-ring (bicyclic) bond motifs is 1. The van der Waals surface area contributed by atoms with E-state index in [1.165, 1.54) is 0 Å². The molecule has 2 rings (SSSR count). The van der Waals surface area contributed by atoms with Crippen LogP contribution >= 0.6 is 0 Å². The van der Waals surface area contributed by atoms with Crippen molar-refractivity contribution in [1.82, 2.24) is 19.6 Å². The zero-order valence-corrected chi connectivity index (χ0v) is 8.31. The van der Waals surface area contributed by atoms with Gasteiger partial charge in [-0.25, -0.2) is 0 Å². The minimum absolute atomic E-state index is 0.0886. The molecule has 14 heavy (non-hydrogen) atoms. The summed E-state index contributed by atoms with van der Waals surface area (Å²) < 4.78 is 1.92. The van der Waals surface area contributed by atoms with Gasteiger partial charge in [0.05, 0.1) is 5.69 Å². The van der Waals surface area contributed by atoms with Crippen LogP contribution in [0.25, 0.3) is 5.65 Å². The molecule has 2 aromatic rings. The van der Waals surface area contributed by atoms with Gasteiger partial charge in [-0.2, -0.15) is 0 Å². The fourth-order valence-electron chi connectivity index (χ4n) is 1.44. The number of hydrogen-bond donors (Lipinski definition) is 1. The quantitative estimate of drug-likeness (QED) is 0.742. The molecule has 0 saturated heterocycles. The predicted octanol–water partition coefficient (Wildman–Crippen LogP) is 0.322. The van der Waals surface area contributed by atoms with Gasteiger partial charge in [0.25, 0.3) is 0 Å². The fraction of sp³-hybridized carbons (Fsp3) is 0.444. The third kappa shape index (κ3) is 1.46. The summed E-state index contributed by atoms with van der Waals surface area (Å²) in [5.41, 5.74) is 7.44. The van der Waals surface area contributed by atoms with Crippen LogP contribution < -0.4 is 5.73 Å². The SMILES string of the molecule is Cc1nnc2c(CC(C)N)nccn12. The van der Waals surface area contributed by atoms with Crippen LogP contribution in [0.2, 0.25) is 0 Å². The molecular formula is C9H13N5. The fourth-order valence-corrected chi connectivity index (χ4v) is 1.44. The van der Waals surface area contributed by atoms with E-state index in [1.807, 2.05) is 24.4 Å². The zero-order valence-electron chi connectivity index (χ0n) is 8.31. The number of nitrogens with zero attached hydrogens (tertiary/aromatic N) is 4. The molecule has 74 valence electrons. The molecule has 0 fully saturated rings. The highest BCUT2D eigenvalue weighted by Crippen LogP contribution is 2.08. The summed E-state index contributed by atoms with van der Waals surface area (Å²) in [5, 5.41) is 8.06. The molecule has 2 N–H and O–H groups in total. The van der Waals surface area contributed by atoms with Crippen molar-refractivity contribution in [1.29, 1.82) is 0 Å². The van der Waals surface area contributed by atoms with E-state index in [0.29, 0.717) is 0 Å². The van der Waals surface area contributed by atoms with Gasteiger partial charge in [0.1, 0.15) is 5.82 Å². The number of rotatable bonds is 2. The normalized spacial score (nSPS) is 13.4. The molecule has 1 atom stereocenters. The molecule has 0 aliphatic heterocycles. The zero-order chi connectivity index (χ0) is 10.1. The van der Waals surface area contributed by atoms with Gasteiger partial charge < -0.3 is 5.73 Å². The molecule has 0 aliphatic rings. The van der Waals surface area contributed by atoms with Crippen molar-refractivity contribution in [2.24, 2.45) is 5.73 Å². The second-order valence-corrected chi connectivity index (χ2v) is 3.50. The van der Waals surface area contributed by atoms with Gasteiger partial charge in [-0.05, 0) is 13.8 Å². The van der Waals surface area contributed by atoms with Gasteiger partial charge in [-0.3, -0.25) is 9.38 Å². The summed E-state index contributed by atoms with van der Waals surface area (Å²) in [4.78, 5) is 4.26. The summed E-state index contributed by atoms with van der Waals surface area (Å²) in [7, 11) is 0. The minimum atomic E-state index is 0.0886. The number of aryl methyl sites for hydroxylation is 1. The van der Waals surface area contributed by atoms with Crippen LogP contribution in [0, 0.1) is 6.92 Å². The summed E-state index contributed by atoms with van der Waals surface area (Å²) in [6.45, 7) is 3.87. The Morgan fingerprint density at radius 2 is 2.29 bits per heavy atom. The van der Waals surface area contributed by atoms with Crippen LogP contribution in [0.5, 0.6) is 0 Å². The topological polar surface area (TPSA) is 69.1 Å². The lowest BCUT2D eigenvalue weighted by Crippen LogP contribution is -2.19. The maximum absolute atomic E-state index is 5.72. The first-order valence-corrected chi connectivity index (χ1v) is 4.59. The number of aromatic nitrogens is 4. The van der Waals surface area contributed by atoms with Crippen LogP contribution in [0.3, 0.4) is 0 Å². The predicted molar refractivity (Wildman–Crippen MR) is 52.9 cm³/mol. The van der Waals surface area contributed by atoms with Crippen molar-refractivity contribution in [3.63, 3.8) is 0 Å². The average Bonchev–Trinajstić information content (AvgIpc) is 2.49. The molecule has 0 amide bonds. The number of nitrogens with two attached hydrogens (primary N) is 1. The van der Waals surface area contributed by atoms with Crippen molar-refractivity contribution >= 4 is 5.65 Å². The first-order valence-electron chi connectivity index (χ1n) is 4.59. The highest BCUT2D eigenvalue weighted by atomic mass is 15.2. The van der Waals surface area contributed by atoms with E-state index in [2.05, 4.69) is 15.2 Å². The highest BCUT2D eigenvalue weighted by Gasteiger charge is 2.08. The summed E-state index contributed by atoms with van der Waals surface area (Å²) >= 11 is 0. The van der Waals surface area contributed by atoms with Crippen LogP contribution in [0.1, 0.15) is 18.4 Å². The van der Waals surface area contributed by atoms with E-state index in [9.17, 15) is 0 Å². The smallest absolute Gasteiger partial charge is 0.182 e. The Balaban J connectivity index is 2.54. The lowest BCUT2D eigenvalue weighted by atomic mass is 10.2. The maximum atomic E-state index is 5.72. The summed E-state index contributed by atoms with van der Waals surface area (Å²) in [6, 6.07) is 0.0886. The standard InChI is InChI=1S/C9H13N5/c1-6(10)5-8-9-13-12-7(2)14(9)4-3-11-8/h3-4,6H,5,10H2,1-2H3. The Labute approximate surface area is 82.0 Å². The van der Waals surface area contributed by atoms with E-state index in [4.69, 9.17) is 5.73 Å². The monoisotopic (exact) mass is 191 g/mol. The third-order valence-corrected chi connectivity index (χ3v) is 2.09. The van der Waals surface area contributed by atoms with Crippen LogP contribution in [0.15, 0.2) is 12.4 Å². The Kier molecular flexibility index (Phi) is 2.17. The highest BCUT2D eigenvalue weighted by molar-refractivity contribution is 5.43. The Hall–Kier alpha value is -1.49. The van der Waals surface area contributed by atoms with Crippen molar-refractivity contribution in [2.75, 3.05) is 0 Å². The first-order chi connectivity index (χ1) is 6.68. The molecule has 0 aromatic carbocycles.